The van der Waals surface area contributed by atoms with Gasteiger partial charge in [0.2, 0.25) is 9.84 Å². The number of hydrogen-bond acceptors (Lipinski definition) is 5. The largest absolute Gasteiger partial charge is 0.476 e. The van der Waals surface area contributed by atoms with E-state index in [1.807, 2.05) is 30.3 Å². The third-order valence-electron chi connectivity index (χ3n) is 3.62. The fourth-order valence-corrected chi connectivity index (χ4v) is 3.76. The van der Waals surface area contributed by atoms with Crippen LogP contribution in [-0.4, -0.2) is 36.5 Å². The van der Waals surface area contributed by atoms with Gasteiger partial charge in [0.05, 0.1) is 23.4 Å². The molecule has 0 radical (unpaired) electrons. The first-order valence-corrected chi connectivity index (χ1v) is 9.78. The van der Waals surface area contributed by atoms with Crippen LogP contribution in [0.2, 0.25) is 5.02 Å². The number of aliphatic hydroxyl groups excluding tert-OH is 1. The minimum Gasteiger partial charge on any atom is -0.476 e. The summed E-state index contributed by atoms with van der Waals surface area (Å²) in [6.07, 6.45) is 1.80. The van der Waals surface area contributed by atoms with Gasteiger partial charge in [-0.2, -0.15) is 0 Å². The van der Waals surface area contributed by atoms with Gasteiger partial charge in [-0.05, 0) is 36.4 Å². The highest BCUT2D eigenvalue weighted by molar-refractivity contribution is 7.91. The molecule has 0 saturated heterocycles. The fraction of sp³-hybridized carbons (Fsp3) is 0.167. The topological polar surface area (TPSA) is 81.4 Å². The number of para-hydroxylation sites is 1. The second kappa shape index (κ2) is 7.90. The van der Waals surface area contributed by atoms with Gasteiger partial charge in [0.15, 0.2) is 4.90 Å². The van der Waals surface area contributed by atoms with Gasteiger partial charge < -0.3 is 9.84 Å². The summed E-state index contributed by atoms with van der Waals surface area (Å²) in [6.45, 7) is 0.101. The lowest BCUT2D eigenvalue weighted by atomic mass is 10.3. The Morgan fingerprint density at radius 3 is 2.42 bits per heavy atom. The predicted octanol–water partition coefficient (Wildman–Crippen LogP) is 3.12. The standard InChI is InChI=1S/C18H17ClN2O4S/c19-14-7-9-16(10-8-14)26(23,24)17-13-21(15-5-2-1-3-6-15)20-18(17)25-12-4-11-22/h1-3,5-10,13,22H,4,11-12H2. The van der Waals surface area contributed by atoms with E-state index >= 15 is 0 Å². The number of nitrogens with zero attached hydrogens (tertiary/aromatic N) is 2. The monoisotopic (exact) mass is 392 g/mol. The summed E-state index contributed by atoms with van der Waals surface area (Å²) >= 11 is 5.85. The van der Waals surface area contributed by atoms with E-state index in [0.29, 0.717) is 17.1 Å². The van der Waals surface area contributed by atoms with Crippen LogP contribution in [0.4, 0.5) is 0 Å². The van der Waals surface area contributed by atoms with Gasteiger partial charge in [-0.3, -0.25) is 0 Å². The van der Waals surface area contributed by atoms with Gasteiger partial charge in [-0.25, -0.2) is 13.1 Å². The van der Waals surface area contributed by atoms with Crippen molar-refractivity contribution in [3.8, 4) is 11.6 Å². The van der Waals surface area contributed by atoms with E-state index in [1.165, 1.54) is 35.1 Å². The van der Waals surface area contributed by atoms with Gasteiger partial charge in [-0.1, -0.05) is 29.8 Å². The van der Waals surface area contributed by atoms with E-state index in [0.717, 1.165) is 0 Å². The average molecular weight is 393 g/mol. The lowest BCUT2D eigenvalue weighted by Gasteiger charge is -2.06. The van der Waals surface area contributed by atoms with E-state index in [1.54, 1.807) is 0 Å². The normalized spacial score (nSPS) is 11.5. The summed E-state index contributed by atoms with van der Waals surface area (Å²) in [5.74, 6) is -0.00254. The van der Waals surface area contributed by atoms with Gasteiger partial charge in [0, 0.05) is 18.1 Å². The second-order valence-electron chi connectivity index (χ2n) is 5.46. The molecule has 1 heterocycles. The average Bonchev–Trinajstić information content (AvgIpc) is 3.08. The molecule has 136 valence electrons. The lowest BCUT2D eigenvalue weighted by Crippen LogP contribution is -2.06. The maximum absolute atomic E-state index is 13.0. The smallest absolute Gasteiger partial charge is 0.252 e. The SMILES string of the molecule is O=S(=O)(c1ccc(Cl)cc1)c1cn(-c2ccccc2)nc1OCCCO. The van der Waals surface area contributed by atoms with Crippen LogP contribution in [0.25, 0.3) is 5.69 Å². The van der Waals surface area contributed by atoms with Crippen molar-refractivity contribution in [3.05, 3.63) is 65.8 Å². The number of sulfone groups is 1. The first kappa shape index (κ1) is 18.4. The first-order valence-electron chi connectivity index (χ1n) is 7.92. The van der Waals surface area contributed by atoms with Crippen molar-refractivity contribution in [1.82, 2.24) is 9.78 Å². The second-order valence-corrected chi connectivity index (χ2v) is 7.82. The summed E-state index contributed by atoms with van der Waals surface area (Å²) in [5.41, 5.74) is 0.706. The lowest BCUT2D eigenvalue weighted by molar-refractivity contribution is 0.226. The van der Waals surface area contributed by atoms with Crippen LogP contribution in [0.15, 0.2) is 70.6 Å². The van der Waals surface area contributed by atoms with Crippen molar-refractivity contribution in [3.63, 3.8) is 0 Å². The Labute approximate surface area is 156 Å². The molecule has 0 unspecified atom stereocenters. The van der Waals surface area contributed by atoms with E-state index in [9.17, 15) is 8.42 Å². The molecule has 0 atom stereocenters. The number of aliphatic hydroxyl groups is 1. The molecule has 26 heavy (non-hydrogen) atoms. The Morgan fingerprint density at radius 2 is 1.77 bits per heavy atom. The maximum atomic E-state index is 13.0. The third-order valence-corrected chi connectivity index (χ3v) is 5.63. The summed E-state index contributed by atoms with van der Waals surface area (Å²) in [4.78, 5) is 0.0585. The summed E-state index contributed by atoms with van der Waals surface area (Å²) in [6, 6.07) is 15.0. The van der Waals surface area contributed by atoms with E-state index in [4.69, 9.17) is 21.4 Å². The molecule has 0 aliphatic rings. The number of ether oxygens (including phenoxy) is 1. The molecule has 6 nitrogen and oxygen atoms in total. The molecule has 8 heteroatoms. The first-order chi connectivity index (χ1) is 12.5. The zero-order valence-corrected chi connectivity index (χ0v) is 15.3. The molecular formula is C18H17ClN2O4S. The zero-order valence-electron chi connectivity index (χ0n) is 13.7. The Kier molecular flexibility index (Phi) is 5.61. The van der Waals surface area contributed by atoms with Crippen LogP contribution in [-0.2, 0) is 9.84 Å². The van der Waals surface area contributed by atoms with Crippen LogP contribution in [0.3, 0.4) is 0 Å². The summed E-state index contributed by atoms with van der Waals surface area (Å²) in [5, 5.41) is 13.6. The number of rotatable bonds is 7. The molecule has 0 aliphatic carbocycles. The van der Waals surface area contributed by atoms with E-state index in [-0.39, 0.29) is 28.9 Å². The van der Waals surface area contributed by atoms with Crippen LogP contribution in [0, 0.1) is 0 Å². The Hall–Kier alpha value is -2.35. The quantitative estimate of drug-likeness (QED) is 0.625. The molecule has 3 aromatic rings. The molecule has 3 rings (SSSR count). The molecule has 1 N–H and O–H groups in total. The third kappa shape index (κ3) is 3.90. The fourth-order valence-electron chi connectivity index (χ4n) is 2.31. The molecule has 1 aromatic heterocycles. The maximum Gasteiger partial charge on any atom is 0.252 e. The highest BCUT2D eigenvalue weighted by Crippen LogP contribution is 2.30. The van der Waals surface area contributed by atoms with Crippen molar-refractivity contribution in [2.75, 3.05) is 13.2 Å². The summed E-state index contributed by atoms with van der Waals surface area (Å²) in [7, 11) is -3.84. The van der Waals surface area contributed by atoms with Crippen molar-refractivity contribution in [1.29, 1.82) is 0 Å². The van der Waals surface area contributed by atoms with Crippen molar-refractivity contribution >= 4 is 21.4 Å². The molecule has 2 aromatic carbocycles. The van der Waals surface area contributed by atoms with E-state index < -0.39 is 9.84 Å². The van der Waals surface area contributed by atoms with Crippen molar-refractivity contribution in [2.45, 2.75) is 16.2 Å². The predicted molar refractivity (Wildman–Crippen MR) is 97.7 cm³/mol. The Bertz CT molecular complexity index is 970. The van der Waals surface area contributed by atoms with E-state index in [2.05, 4.69) is 5.10 Å². The minimum atomic E-state index is -3.84. The number of halogens is 1. The number of hydrogen-bond donors (Lipinski definition) is 1. The molecule has 0 amide bonds. The van der Waals surface area contributed by atoms with Gasteiger partial charge in [0.1, 0.15) is 0 Å². The molecule has 0 bridgehead atoms. The van der Waals surface area contributed by atoms with Crippen LogP contribution >= 0.6 is 11.6 Å². The Balaban J connectivity index is 2.06. The number of aromatic nitrogens is 2. The van der Waals surface area contributed by atoms with Gasteiger partial charge >= 0.3 is 0 Å². The van der Waals surface area contributed by atoms with Gasteiger partial charge in [-0.15, -0.1) is 5.10 Å². The Morgan fingerprint density at radius 1 is 1.08 bits per heavy atom. The molecule has 0 aliphatic heterocycles. The van der Waals surface area contributed by atoms with Crippen LogP contribution < -0.4 is 4.74 Å². The van der Waals surface area contributed by atoms with Crippen molar-refractivity contribution < 1.29 is 18.3 Å². The molecule has 0 fully saturated rings. The van der Waals surface area contributed by atoms with Crippen molar-refractivity contribution in [2.24, 2.45) is 0 Å². The van der Waals surface area contributed by atoms with Crippen LogP contribution in [0.5, 0.6) is 5.88 Å². The highest BCUT2D eigenvalue weighted by atomic mass is 35.5. The highest BCUT2D eigenvalue weighted by Gasteiger charge is 2.26. The zero-order chi connectivity index (χ0) is 18.6. The summed E-state index contributed by atoms with van der Waals surface area (Å²) < 4.78 is 33.0. The van der Waals surface area contributed by atoms with Gasteiger partial charge in [0.25, 0.3) is 5.88 Å². The molecule has 0 saturated carbocycles. The number of benzene rings is 2. The minimum absolute atomic E-state index is 0.00254. The molecule has 0 spiro atoms. The molecular weight excluding hydrogens is 376 g/mol. The van der Waals surface area contributed by atoms with Crippen LogP contribution in [0.1, 0.15) is 6.42 Å².